The molecule has 1 N–H and O–H groups in total. The first-order valence-electron chi connectivity index (χ1n) is 7.06. The van der Waals surface area contributed by atoms with E-state index in [4.69, 9.17) is 0 Å². The Bertz CT molecular complexity index is 435. The van der Waals surface area contributed by atoms with Gasteiger partial charge in [0.05, 0.1) is 0 Å². The van der Waals surface area contributed by atoms with Crippen LogP contribution in [0.1, 0.15) is 31.4 Å². The Kier molecular flexibility index (Phi) is 3.54. The van der Waals surface area contributed by atoms with Gasteiger partial charge in [0.25, 0.3) is 0 Å². The van der Waals surface area contributed by atoms with E-state index < -0.39 is 11.6 Å². The zero-order valence-corrected chi connectivity index (χ0v) is 11.2. The van der Waals surface area contributed by atoms with Gasteiger partial charge in [-0.15, -0.1) is 0 Å². The van der Waals surface area contributed by atoms with Crippen LogP contribution >= 0.6 is 0 Å². The summed E-state index contributed by atoms with van der Waals surface area (Å²) in [6, 6.07) is 4.19. The van der Waals surface area contributed by atoms with Crippen LogP contribution in [0.25, 0.3) is 0 Å². The van der Waals surface area contributed by atoms with Crippen LogP contribution < -0.4 is 5.32 Å². The van der Waals surface area contributed by atoms with Crippen molar-refractivity contribution >= 4 is 0 Å². The fourth-order valence-electron chi connectivity index (χ4n) is 3.40. The highest BCUT2D eigenvalue weighted by molar-refractivity contribution is 5.21. The van der Waals surface area contributed by atoms with E-state index in [0.717, 1.165) is 12.6 Å². The van der Waals surface area contributed by atoms with E-state index in [1.54, 1.807) is 0 Å². The molecule has 2 nitrogen and oxygen atoms in total. The molecule has 0 spiro atoms. The zero-order valence-electron chi connectivity index (χ0n) is 11.2. The van der Waals surface area contributed by atoms with Crippen LogP contribution in [0.5, 0.6) is 0 Å². The molecular weight excluding hydrogens is 246 g/mol. The molecule has 19 heavy (non-hydrogen) atoms. The molecule has 3 aliphatic rings. The van der Waals surface area contributed by atoms with Crippen molar-refractivity contribution in [2.75, 3.05) is 19.6 Å². The summed E-state index contributed by atoms with van der Waals surface area (Å²) in [6.07, 6.45) is 2.48. The number of benzene rings is 1. The molecule has 1 aromatic rings. The summed E-state index contributed by atoms with van der Waals surface area (Å²) in [7, 11) is 0. The van der Waals surface area contributed by atoms with Gasteiger partial charge in [-0.1, -0.05) is 0 Å². The van der Waals surface area contributed by atoms with Crippen LogP contribution in [0.3, 0.4) is 0 Å². The van der Waals surface area contributed by atoms with Crippen molar-refractivity contribution < 1.29 is 8.78 Å². The molecule has 3 heterocycles. The average Bonchev–Trinajstić information content (AvgIpc) is 2.39. The molecule has 2 bridgehead atoms. The average molecular weight is 266 g/mol. The van der Waals surface area contributed by atoms with Gasteiger partial charge in [-0.2, -0.15) is 0 Å². The lowest BCUT2D eigenvalue weighted by atomic mass is 9.83. The van der Waals surface area contributed by atoms with Crippen LogP contribution in [0, 0.1) is 17.6 Å². The van der Waals surface area contributed by atoms with E-state index in [2.05, 4.69) is 10.2 Å². The molecular formula is C15H20F2N2. The smallest absolute Gasteiger partial charge is 0.126 e. The third-order valence-corrected chi connectivity index (χ3v) is 4.51. The second-order valence-corrected chi connectivity index (χ2v) is 5.84. The molecule has 3 fully saturated rings. The normalized spacial score (nSPS) is 31.4. The molecule has 104 valence electrons. The first kappa shape index (κ1) is 13.0. The Labute approximate surface area is 112 Å². The molecule has 2 unspecified atom stereocenters. The molecule has 3 aliphatic heterocycles. The van der Waals surface area contributed by atoms with Crippen molar-refractivity contribution in [3.63, 3.8) is 0 Å². The van der Waals surface area contributed by atoms with E-state index in [1.165, 1.54) is 38.1 Å². The van der Waals surface area contributed by atoms with E-state index >= 15 is 0 Å². The van der Waals surface area contributed by atoms with Crippen molar-refractivity contribution in [3.8, 4) is 0 Å². The number of piperidine rings is 3. The van der Waals surface area contributed by atoms with Gasteiger partial charge in [-0.05, 0) is 56.5 Å². The summed E-state index contributed by atoms with van der Waals surface area (Å²) in [6.45, 7) is 5.44. The van der Waals surface area contributed by atoms with Gasteiger partial charge in [0.2, 0.25) is 0 Å². The lowest BCUT2D eigenvalue weighted by Gasteiger charge is -2.46. The lowest BCUT2D eigenvalue weighted by Crippen LogP contribution is -2.56. The van der Waals surface area contributed by atoms with Crippen LogP contribution in [-0.2, 0) is 0 Å². The third-order valence-electron chi connectivity index (χ3n) is 4.51. The highest BCUT2D eigenvalue weighted by atomic mass is 19.1. The fraction of sp³-hybridized carbons (Fsp3) is 0.600. The summed E-state index contributed by atoms with van der Waals surface area (Å²) < 4.78 is 26.5. The van der Waals surface area contributed by atoms with E-state index in [-0.39, 0.29) is 6.04 Å². The monoisotopic (exact) mass is 266 g/mol. The summed E-state index contributed by atoms with van der Waals surface area (Å²) in [5, 5.41) is 3.55. The third kappa shape index (κ3) is 2.79. The SMILES string of the molecule is CC(NC1CN2CCC1CC2)c1cc(F)cc(F)c1. The van der Waals surface area contributed by atoms with Gasteiger partial charge in [0.1, 0.15) is 11.6 Å². The number of hydrogen-bond acceptors (Lipinski definition) is 2. The molecule has 3 saturated heterocycles. The predicted octanol–water partition coefficient (Wildman–Crippen LogP) is 2.71. The molecule has 0 amide bonds. The van der Waals surface area contributed by atoms with Crippen molar-refractivity contribution in [2.45, 2.75) is 31.8 Å². The minimum atomic E-state index is -0.502. The van der Waals surface area contributed by atoms with Gasteiger partial charge in [0.15, 0.2) is 0 Å². The zero-order chi connectivity index (χ0) is 13.4. The first-order valence-corrected chi connectivity index (χ1v) is 7.06. The van der Waals surface area contributed by atoms with Crippen LogP contribution in [-0.4, -0.2) is 30.6 Å². The quantitative estimate of drug-likeness (QED) is 0.905. The van der Waals surface area contributed by atoms with Crippen LogP contribution in [0.15, 0.2) is 18.2 Å². The number of hydrogen-bond donors (Lipinski definition) is 1. The second-order valence-electron chi connectivity index (χ2n) is 5.84. The first-order chi connectivity index (χ1) is 9.11. The van der Waals surface area contributed by atoms with E-state index in [1.807, 2.05) is 6.92 Å². The molecule has 0 aromatic heterocycles. The fourth-order valence-corrected chi connectivity index (χ4v) is 3.40. The summed E-state index contributed by atoms with van der Waals surface area (Å²) >= 11 is 0. The summed E-state index contributed by atoms with van der Waals surface area (Å²) in [5.41, 5.74) is 0.689. The minimum Gasteiger partial charge on any atom is -0.306 e. The van der Waals surface area contributed by atoms with Crippen LogP contribution in [0.4, 0.5) is 8.78 Å². The Morgan fingerprint density at radius 1 is 1.16 bits per heavy atom. The molecule has 1 aromatic carbocycles. The molecule has 2 atom stereocenters. The maximum Gasteiger partial charge on any atom is 0.126 e. The van der Waals surface area contributed by atoms with Crippen LogP contribution in [0.2, 0.25) is 0 Å². The minimum absolute atomic E-state index is 0.0178. The van der Waals surface area contributed by atoms with Crippen molar-refractivity contribution in [2.24, 2.45) is 5.92 Å². The largest absolute Gasteiger partial charge is 0.306 e. The van der Waals surface area contributed by atoms with E-state index in [9.17, 15) is 8.78 Å². The number of rotatable bonds is 3. The predicted molar refractivity (Wildman–Crippen MR) is 70.9 cm³/mol. The highest BCUT2D eigenvalue weighted by Gasteiger charge is 2.34. The molecule has 0 saturated carbocycles. The molecule has 0 aliphatic carbocycles. The topological polar surface area (TPSA) is 15.3 Å². The van der Waals surface area contributed by atoms with Crippen molar-refractivity contribution in [3.05, 3.63) is 35.4 Å². The maximum absolute atomic E-state index is 13.2. The second kappa shape index (κ2) is 5.17. The summed E-state index contributed by atoms with van der Waals surface area (Å²) in [4.78, 5) is 2.47. The van der Waals surface area contributed by atoms with Crippen molar-refractivity contribution in [1.29, 1.82) is 0 Å². The maximum atomic E-state index is 13.2. The molecule has 4 rings (SSSR count). The molecule has 0 radical (unpaired) electrons. The van der Waals surface area contributed by atoms with Gasteiger partial charge >= 0.3 is 0 Å². The standard InChI is InChI=1S/C15H20F2N2/c1-10(12-6-13(16)8-14(17)7-12)18-15-9-19-4-2-11(15)3-5-19/h6-8,10-11,15,18H,2-5,9H2,1H3. The van der Waals surface area contributed by atoms with Crippen molar-refractivity contribution in [1.82, 2.24) is 10.2 Å². The Hall–Kier alpha value is -1.00. The van der Waals surface area contributed by atoms with E-state index in [0.29, 0.717) is 17.5 Å². The Morgan fingerprint density at radius 2 is 1.79 bits per heavy atom. The highest BCUT2D eigenvalue weighted by Crippen LogP contribution is 2.29. The number of nitrogens with one attached hydrogen (secondary N) is 1. The number of nitrogens with zero attached hydrogens (tertiary/aromatic N) is 1. The van der Waals surface area contributed by atoms with Gasteiger partial charge < -0.3 is 10.2 Å². The Balaban J connectivity index is 1.69. The molecule has 4 heteroatoms. The number of fused-ring (bicyclic) bond motifs is 3. The summed E-state index contributed by atoms with van der Waals surface area (Å²) in [5.74, 6) is -0.291. The van der Waals surface area contributed by atoms with Gasteiger partial charge in [-0.25, -0.2) is 8.78 Å². The van der Waals surface area contributed by atoms with Gasteiger partial charge in [0, 0.05) is 24.7 Å². The van der Waals surface area contributed by atoms with Gasteiger partial charge in [-0.3, -0.25) is 0 Å². The Morgan fingerprint density at radius 3 is 2.32 bits per heavy atom. The number of halogens is 2. The lowest BCUT2D eigenvalue weighted by molar-refractivity contribution is 0.0680.